The van der Waals surface area contributed by atoms with E-state index >= 15 is 0 Å². The van der Waals surface area contributed by atoms with Gasteiger partial charge in [-0.2, -0.15) is 0 Å². The Kier molecular flexibility index (Phi) is 9.85. The molecule has 170 valence electrons. The Balaban J connectivity index is 1.37. The highest BCUT2D eigenvalue weighted by molar-refractivity contribution is 8.01. The Morgan fingerprint density at radius 2 is 1.94 bits per heavy atom. The van der Waals surface area contributed by atoms with Crippen LogP contribution >= 0.6 is 23.1 Å². The number of benzene rings is 1. The molecular weight excluding hydrogens is 432 g/mol. The van der Waals surface area contributed by atoms with Crippen LogP contribution in [0.2, 0.25) is 0 Å². The second kappa shape index (κ2) is 12.8. The number of nitrogens with one attached hydrogen (secondary N) is 2. The summed E-state index contributed by atoms with van der Waals surface area (Å²) in [7, 11) is 0. The van der Waals surface area contributed by atoms with E-state index in [0.717, 1.165) is 74.1 Å². The first-order valence-electron chi connectivity index (χ1n) is 10.8. The third kappa shape index (κ3) is 7.95. The molecule has 1 aliphatic heterocycles. The number of hydrogen-bond donors (Lipinski definition) is 2. The maximum Gasteiger partial charge on any atom is 0.234 e. The molecule has 2 heterocycles. The number of likely N-dealkylation sites (N-methyl/N-ethyl adjacent to an activating group) is 1. The van der Waals surface area contributed by atoms with Crippen LogP contribution in [0.15, 0.2) is 28.6 Å². The molecule has 0 aliphatic carbocycles. The summed E-state index contributed by atoms with van der Waals surface area (Å²) in [5, 5.41) is 15.2. The zero-order valence-corrected chi connectivity index (χ0v) is 19.9. The van der Waals surface area contributed by atoms with Gasteiger partial charge in [-0.15, -0.1) is 10.2 Å². The molecule has 0 radical (unpaired) electrons. The zero-order chi connectivity index (χ0) is 21.9. The molecule has 0 saturated carbocycles. The molecule has 0 bridgehead atoms. The minimum absolute atomic E-state index is 0.0456. The van der Waals surface area contributed by atoms with Crippen LogP contribution in [0.1, 0.15) is 20.3 Å². The number of rotatable bonds is 12. The molecule has 0 unspecified atom stereocenters. The maximum atomic E-state index is 12.3. The normalized spacial score (nSPS) is 14.6. The van der Waals surface area contributed by atoms with Gasteiger partial charge in [0.05, 0.1) is 5.75 Å². The van der Waals surface area contributed by atoms with E-state index in [2.05, 4.69) is 49.7 Å². The van der Waals surface area contributed by atoms with Crippen LogP contribution in [0, 0.1) is 0 Å². The first-order chi connectivity index (χ1) is 15.2. The number of hydrogen-bond acceptors (Lipinski definition) is 9. The van der Waals surface area contributed by atoms with Crippen molar-refractivity contribution in [3.8, 4) is 0 Å². The van der Waals surface area contributed by atoms with Crippen molar-refractivity contribution in [3.63, 3.8) is 0 Å². The molecule has 10 heteroatoms. The summed E-state index contributed by atoms with van der Waals surface area (Å²) in [5.74, 6) is 0.260. The number of aromatic nitrogens is 2. The SMILES string of the molecule is CCOCCCNc1nnc(SCC(=O)Nc2ccc(N3CCN(CC)CC3)cc2)s1. The molecule has 0 atom stereocenters. The van der Waals surface area contributed by atoms with E-state index < -0.39 is 0 Å². The van der Waals surface area contributed by atoms with Crippen LogP contribution in [-0.2, 0) is 9.53 Å². The lowest BCUT2D eigenvalue weighted by molar-refractivity contribution is -0.113. The Hall–Kier alpha value is -1.88. The number of piperazine rings is 1. The average Bonchev–Trinajstić information content (AvgIpc) is 3.26. The molecule has 2 N–H and O–H groups in total. The number of thioether (sulfide) groups is 1. The number of ether oxygens (including phenoxy) is 1. The van der Waals surface area contributed by atoms with Gasteiger partial charge < -0.3 is 25.2 Å². The van der Waals surface area contributed by atoms with E-state index in [1.807, 2.05) is 19.1 Å². The highest BCUT2D eigenvalue weighted by atomic mass is 32.2. The monoisotopic (exact) mass is 464 g/mol. The summed E-state index contributed by atoms with van der Waals surface area (Å²) in [6.07, 6.45) is 0.923. The Morgan fingerprint density at radius 1 is 1.16 bits per heavy atom. The van der Waals surface area contributed by atoms with Crippen LogP contribution < -0.4 is 15.5 Å². The molecule has 0 spiro atoms. The third-order valence-corrected chi connectivity index (χ3v) is 7.03. The van der Waals surface area contributed by atoms with E-state index in [1.165, 1.54) is 28.8 Å². The van der Waals surface area contributed by atoms with Gasteiger partial charge in [0.1, 0.15) is 0 Å². The summed E-state index contributed by atoms with van der Waals surface area (Å²) >= 11 is 2.86. The predicted octanol–water partition coefficient (Wildman–Crippen LogP) is 3.25. The summed E-state index contributed by atoms with van der Waals surface area (Å²) in [6, 6.07) is 8.11. The predicted molar refractivity (Wildman–Crippen MR) is 130 cm³/mol. The second-order valence-electron chi connectivity index (χ2n) is 7.16. The molecule has 1 saturated heterocycles. The highest BCUT2D eigenvalue weighted by Gasteiger charge is 2.16. The molecule has 1 amide bonds. The first kappa shape index (κ1) is 23.8. The van der Waals surface area contributed by atoms with Crippen molar-refractivity contribution >= 4 is 45.5 Å². The van der Waals surface area contributed by atoms with Crippen molar-refractivity contribution < 1.29 is 9.53 Å². The van der Waals surface area contributed by atoms with Gasteiger partial charge >= 0.3 is 0 Å². The lowest BCUT2D eigenvalue weighted by Gasteiger charge is -2.35. The lowest BCUT2D eigenvalue weighted by atomic mass is 10.2. The number of anilines is 3. The minimum Gasteiger partial charge on any atom is -0.382 e. The van der Waals surface area contributed by atoms with Crippen LogP contribution in [0.25, 0.3) is 0 Å². The topological polar surface area (TPSA) is 82.6 Å². The van der Waals surface area contributed by atoms with Crippen molar-refractivity contribution in [2.75, 3.05) is 73.8 Å². The summed E-state index contributed by atoms with van der Waals surface area (Å²) < 4.78 is 6.09. The van der Waals surface area contributed by atoms with Gasteiger partial charge in [0.2, 0.25) is 11.0 Å². The first-order valence-corrected chi connectivity index (χ1v) is 12.6. The van der Waals surface area contributed by atoms with Gasteiger partial charge in [-0.1, -0.05) is 30.0 Å². The number of carbonyl (C=O) groups excluding carboxylic acids is 1. The van der Waals surface area contributed by atoms with Gasteiger partial charge in [-0.05, 0) is 44.2 Å². The summed E-state index contributed by atoms with van der Waals surface area (Å²) in [6.45, 7) is 11.9. The quantitative estimate of drug-likeness (QED) is 0.366. The molecule has 1 aromatic carbocycles. The van der Waals surface area contributed by atoms with Gasteiger partial charge in [0, 0.05) is 57.3 Å². The lowest BCUT2D eigenvalue weighted by Crippen LogP contribution is -2.46. The number of carbonyl (C=O) groups is 1. The summed E-state index contributed by atoms with van der Waals surface area (Å²) in [4.78, 5) is 17.2. The molecule has 31 heavy (non-hydrogen) atoms. The summed E-state index contributed by atoms with van der Waals surface area (Å²) in [5.41, 5.74) is 2.02. The van der Waals surface area contributed by atoms with Crippen LogP contribution in [0.4, 0.5) is 16.5 Å². The van der Waals surface area contributed by atoms with Crippen LogP contribution in [-0.4, -0.2) is 79.2 Å². The maximum absolute atomic E-state index is 12.3. The van der Waals surface area contributed by atoms with E-state index in [0.29, 0.717) is 5.75 Å². The van der Waals surface area contributed by atoms with Crippen molar-refractivity contribution in [2.45, 2.75) is 24.6 Å². The van der Waals surface area contributed by atoms with Crippen LogP contribution in [0.3, 0.4) is 0 Å². The van der Waals surface area contributed by atoms with Gasteiger partial charge in [-0.25, -0.2) is 0 Å². The van der Waals surface area contributed by atoms with E-state index in [-0.39, 0.29) is 5.91 Å². The van der Waals surface area contributed by atoms with E-state index in [4.69, 9.17) is 4.74 Å². The number of amides is 1. The van der Waals surface area contributed by atoms with Crippen molar-refractivity contribution in [1.82, 2.24) is 15.1 Å². The molecule has 1 aromatic heterocycles. The van der Waals surface area contributed by atoms with Crippen molar-refractivity contribution in [3.05, 3.63) is 24.3 Å². The smallest absolute Gasteiger partial charge is 0.234 e. The largest absolute Gasteiger partial charge is 0.382 e. The molecule has 3 rings (SSSR count). The average molecular weight is 465 g/mol. The van der Waals surface area contributed by atoms with Crippen LogP contribution in [0.5, 0.6) is 0 Å². The molecule has 8 nitrogen and oxygen atoms in total. The zero-order valence-electron chi connectivity index (χ0n) is 18.3. The standard InChI is InChI=1S/C21H32N6O2S2/c1-3-26-11-13-27(14-12-26)18-8-6-17(7-9-18)23-19(28)16-30-21-25-24-20(31-21)22-10-5-15-29-4-2/h6-9H,3-5,10-16H2,1-2H3,(H,22,24)(H,23,28). The van der Waals surface area contributed by atoms with Crippen molar-refractivity contribution in [1.29, 1.82) is 0 Å². The Bertz CT molecular complexity index is 793. The highest BCUT2D eigenvalue weighted by Crippen LogP contribution is 2.26. The van der Waals surface area contributed by atoms with Crippen molar-refractivity contribution in [2.24, 2.45) is 0 Å². The Labute approximate surface area is 192 Å². The van der Waals surface area contributed by atoms with Gasteiger partial charge in [-0.3, -0.25) is 4.79 Å². The molecular formula is C21H32N6O2S2. The molecule has 1 fully saturated rings. The minimum atomic E-state index is -0.0456. The fourth-order valence-corrected chi connectivity index (χ4v) is 4.83. The van der Waals surface area contributed by atoms with Gasteiger partial charge in [0.25, 0.3) is 0 Å². The van der Waals surface area contributed by atoms with Gasteiger partial charge in [0.15, 0.2) is 4.34 Å². The second-order valence-corrected chi connectivity index (χ2v) is 9.36. The third-order valence-electron chi connectivity index (χ3n) is 5.01. The fourth-order valence-electron chi connectivity index (χ4n) is 3.26. The van der Waals surface area contributed by atoms with E-state index in [9.17, 15) is 4.79 Å². The molecule has 1 aliphatic rings. The molecule has 2 aromatic rings. The van der Waals surface area contributed by atoms with E-state index in [1.54, 1.807) is 0 Å². The number of nitrogens with zero attached hydrogens (tertiary/aromatic N) is 4. The Morgan fingerprint density at radius 3 is 2.65 bits per heavy atom. The fraction of sp³-hybridized carbons (Fsp3) is 0.571.